The van der Waals surface area contributed by atoms with Crippen LogP contribution in [0.2, 0.25) is 0 Å². The Labute approximate surface area is 151 Å². The van der Waals surface area contributed by atoms with E-state index in [1.54, 1.807) is 6.07 Å². The Bertz CT molecular complexity index is 656. The van der Waals surface area contributed by atoms with Gasteiger partial charge < -0.3 is 14.7 Å². The lowest BCUT2D eigenvalue weighted by atomic mass is 9.78. The van der Waals surface area contributed by atoms with Crippen LogP contribution in [0.1, 0.15) is 42.9 Å². The Morgan fingerprint density at radius 1 is 1.04 bits per heavy atom. The van der Waals surface area contributed by atoms with Crippen molar-refractivity contribution >= 4 is 0 Å². The molecule has 0 saturated heterocycles. The van der Waals surface area contributed by atoms with Crippen LogP contribution in [0.15, 0.2) is 54.6 Å². The summed E-state index contributed by atoms with van der Waals surface area (Å²) in [5.74, 6) is 0.774. The van der Waals surface area contributed by atoms with Gasteiger partial charge in [-0.1, -0.05) is 55.3 Å². The van der Waals surface area contributed by atoms with E-state index in [2.05, 4.69) is 49.3 Å². The van der Waals surface area contributed by atoms with E-state index in [0.717, 1.165) is 12.8 Å². The number of nitrogens with zero attached hydrogens (tertiary/aromatic N) is 1. The third-order valence-corrected chi connectivity index (χ3v) is 5.23. The van der Waals surface area contributed by atoms with E-state index in [1.807, 2.05) is 18.2 Å². The first-order valence-electron chi connectivity index (χ1n) is 9.26. The standard InChI is InChI=1S/C22H29NO2/c1-23(2)22(18-11-8-12-19(24)15-18)20-13-6-7-14-21(20)25-16-17-9-4-3-5-10-17/h3-5,8-12,15,20-22,24H,6-7,13-14,16H2,1-2H3/t20-,21+,22?/m0/s1. The van der Waals surface area contributed by atoms with Gasteiger partial charge in [-0.05, 0) is 50.2 Å². The van der Waals surface area contributed by atoms with Crippen LogP contribution in [0.3, 0.4) is 0 Å². The molecule has 0 bridgehead atoms. The van der Waals surface area contributed by atoms with Crippen molar-refractivity contribution in [3.8, 4) is 5.75 Å². The van der Waals surface area contributed by atoms with E-state index >= 15 is 0 Å². The number of phenolic OH excluding ortho intramolecular Hbond substituents is 1. The average Bonchev–Trinajstić information content (AvgIpc) is 2.62. The first-order chi connectivity index (χ1) is 12.1. The molecule has 1 unspecified atom stereocenters. The molecule has 0 aromatic heterocycles. The number of phenols is 1. The van der Waals surface area contributed by atoms with Crippen LogP contribution in [0.4, 0.5) is 0 Å². The van der Waals surface area contributed by atoms with Crippen molar-refractivity contribution in [2.75, 3.05) is 14.1 Å². The summed E-state index contributed by atoms with van der Waals surface area (Å²) >= 11 is 0. The Kier molecular flexibility index (Phi) is 6.11. The highest BCUT2D eigenvalue weighted by Gasteiger charge is 2.34. The van der Waals surface area contributed by atoms with Crippen LogP contribution >= 0.6 is 0 Å². The summed E-state index contributed by atoms with van der Waals surface area (Å²) in [5, 5.41) is 9.91. The molecule has 0 spiro atoms. The van der Waals surface area contributed by atoms with Gasteiger partial charge >= 0.3 is 0 Å². The highest BCUT2D eigenvalue weighted by Crippen LogP contribution is 2.39. The van der Waals surface area contributed by atoms with Crippen LogP contribution in [-0.4, -0.2) is 30.2 Å². The van der Waals surface area contributed by atoms with Gasteiger partial charge in [0.2, 0.25) is 0 Å². The van der Waals surface area contributed by atoms with Gasteiger partial charge in [-0.2, -0.15) is 0 Å². The van der Waals surface area contributed by atoms with Crippen molar-refractivity contribution in [2.45, 2.75) is 44.4 Å². The van der Waals surface area contributed by atoms with Crippen LogP contribution in [0.5, 0.6) is 5.75 Å². The summed E-state index contributed by atoms with van der Waals surface area (Å²) in [6.07, 6.45) is 5.01. The molecule has 3 heteroatoms. The minimum Gasteiger partial charge on any atom is -0.508 e. The van der Waals surface area contributed by atoms with Crippen molar-refractivity contribution in [3.63, 3.8) is 0 Å². The van der Waals surface area contributed by atoms with Crippen molar-refractivity contribution < 1.29 is 9.84 Å². The second-order valence-electron chi connectivity index (χ2n) is 7.29. The molecule has 0 radical (unpaired) electrons. The number of ether oxygens (including phenoxy) is 1. The maximum Gasteiger partial charge on any atom is 0.115 e. The molecule has 2 aromatic rings. The molecular formula is C22H29NO2. The molecule has 1 fully saturated rings. The van der Waals surface area contributed by atoms with E-state index in [1.165, 1.54) is 24.0 Å². The van der Waals surface area contributed by atoms with Crippen LogP contribution in [0, 0.1) is 5.92 Å². The summed E-state index contributed by atoms with van der Waals surface area (Å²) in [6.45, 7) is 0.669. The largest absolute Gasteiger partial charge is 0.508 e. The van der Waals surface area contributed by atoms with Gasteiger partial charge in [0, 0.05) is 12.0 Å². The SMILES string of the molecule is CN(C)C(c1cccc(O)c1)[C@H]1CCCC[C@H]1OCc1ccccc1. The van der Waals surface area contributed by atoms with Gasteiger partial charge in [0.25, 0.3) is 0 Å². The summed E-state index contributed by atoms with van der Waals surface area (Å²) in [6, 6.07) is 18.3. The minimum absolute atomic E-state index is 0.253. The third kappa shape index (κ3) is 4.62. The van der Waals surface area contributed by atoms with Gasteiger partial charge in [0.05, 0.1) is 12.7 Å². The lowest BCUT2D eigenvalue weighted by molar-refractivity contribution is -0.0464. The first kappa shape index (κ1) is 18.0. The number of hydrogen-bond acceptors (Lipinski definition) is 3. The molecular weight excluding hydrogens is 310 g/mol. The van der Waals surface area contributed by atoms with Gasteiger partial charge in [0.1, 0.15) is 5.75 Å². The molecule has 1 N–H and O–H groups in total. The summed E-state index contributed by atoms with van der Waals surface area (Å²) in [7, 11) is 4.25. The molecule has 0 heterocycles. The van der Waals surface area contributed by atoms with Gasteiger partial charge in [-0.15, -0.1) is 0 Å². The molecule has 3 nitrogen and oxygen atoms in total. The second kappa shape index (κ2) is 8.50. The highest BCUT2D eigenvalue weighted by molar-refractivity contribution is 5.30. The summed E-state index contributed by atoms with van der Waals surface area (Å²) < 4.78 is 6.38. The second-order valence-corrected chi connectivity index (χ2v) is 7.29. The van der Waals surface area contributed by atoms with Crippen LogP contribution in [-0.2, 0) is 11.3 Å². The molecule has 2 aromatic carbocycles. The molecule has 0 aliphatic heterocycles. The zero-order valence-electron chi connectivity index (χ0n) is 15.3. The van der Waals surface area contributed by atoms with Crippen molar-refractivity contribution in [2.24, 2.45) is 5.92 Å². The Morgan fingerprint density at radius 3 is 2.52 bits per heavy atom. The maximum atomic E-state index is 9.91. The zero-order chi connectivity index (χ0) is 17.6. The fourth-order valence-corrected chi connectivity index (χ4v) is 4.11. The van der Waals surface area contributed by atoms with Crippen LogP contribution < -0.4 is 0 Å². The monoisotopic (exact) mass is 339 g/mol. The van der Waals surface area contributed by atoms with E-state index in [0.29, 0.717) is 18.3 Å². The highest BCUT2D eigenvalue weighted by atomic mass is 16.5. The maximum absolute atomic E-state index is 9.91. The van der Waals surface area contributed by atoms with E-state index < -0.39 is 0 Å². The number of aromatic hydroxyl groups is 1. The van der Waals surface area contributed by atoms with Crippen molar-refractivity contribution in [1.82, 2.24) is 4.90 Å². The smallest absolute Gasteiger partial charge is 0.115 e. The van der Waals surface area contributed by atoms with Gasteiger partial charge in [-0.25, -0.2) is 0 Å². The molecule has 0 amide bonds. The Balaban J connectivity index is 1.77. The molecule has 134 valence electrons. The number of rotatable bonds is 6. The topological polar surface area (TPSA) is 32.7 Å². The number of benzene rings is 2. The first-order valence-corrected chi connectivity index (χ1v) is 9.26. The van der Waals surface area contributed by atoms with E-state index in [9.17, 15) is 5.11 Å². The lowest BCUT2D eigenvalue weighted by Crippen LogP contribution is -2.38. The molecule has 3 rings (SSSR count). The van der Waals surface area contributed by atoms with E-state index in [-0.39, 0.29) is 12.1 Å². The van der Waals surface area contributed by atoms with Gasteiger partial charge in [-0.3, -0.25) is 0 Å². The molecule has 25 heavy (non-hydrogen) atoms. The fourth-order valence-electron chi connectivity index (χ4n) is 4.11. The normalized spacial score (nSPS) is 22.0. The third-order valence-electron chi connectivity index (χ3n) is 5.23. The Hall–Kier alpha value is -1.84. The van der Waals surface area contributed by atoms with Crippen LogP contribution in [0.25, 0.3) is 0 Å². The predicted octanol–water partition coefficient (Wildman–Crippen LogP) is 4.77. The molecule has 1 saturated carbocycles. The molecule has 3 atom stereocenters. The fraction of sp³-hybridized carbons (Fsp3) is 0.455. The zero-order valence-corrected chi connectivity index (χ0v) is 15.3. The van der Waals surface area contributed by atoms with Crippen molar-refractivity contribution in [1.29, 1.82) is 0 Å². The molecule has 1 aliphatic rings. The van der Waals surface area contributed by atoms with Gasteiger partial charge in [0.15, 0.2) is 0 Å². The van der Waals surface area contributed by atoms with E-state index in [4.69, 9.17) is 4.74 Å². The predicted molar refractivity (Wildman–Crippen MR) is 102 cm³/mol. The van der Waals surface area contributed by atoms with Crippen molar-refractivity contribution in [3.05, 3.63) is 65.7 Å². The number of hydrogen-bond donors (Lipinski definition) is 1. The minimum atomic E-state index is 0.253. The lowest BCUT2D eigenvalue weighted by Gasteiger charge is -2.40. The summed E-state index contributed by atoms with van der Waals surface area (Å²) in [4.78, 5) is 2.27. The average molecular weight is 339 g/mol. The Morgan fingerprint density at radius 2 is 1.80 bits per heavy atom. The molecule has 1 aliphatic carbocycles. The summed E-state index contributed by atoms with van der Waals surface area (Å²) in [5.41, 5.74) is 2.40. The quantitative estimate of drug-likeness (QED) is 0.823.